The Morgan fingerprint density at radius 1 is 1.35 bits per heavy atom. The minimum atomic E-state index is 0.702. The predicted molar refractivity (Wildman–Crippen MR) is 82.3 cm³/mol. The fourth-order valence-corrected chi connectivity index (χ4v) is 1.34. The van der Waals surface area contributed by atoms with Crippen LogP contribution in [0.25, 0.3) is 0 Å². The Kier molecular flexibility index (Phi) is 7.99. The maximum Gasteiger partial charge on any atom is 0.0985 e. The van der Waals surface area contributed by atoms with Gasteiger partial charge in [-0.25, -0.2) is 0 Å². The number of allylic oxidation sites excluding steroid dienone is 7. The molecule has 0 radical (unpaired) electrons. The van der Waals surface area contributed by atoms with Gasteiger partial charge in [-0.05, 0) is 37.5 Å². The van der Waals surface area contributed by atoms with Crippen LogP contribution in [0, 0.1) is 0 Å². The molecule has 1 nitrogen and oxygen atoms in total. The molecule has 0 unspecified atom stereocenters. The molecule has 0 saturated heterocycles. The molecule has 2 heteroatoms. The first-order chi connectivity index (χ1) is 8.04. The number of thiocarbonyl (C=S) groups is 1. The lowest BCUT2D eigenvalue weighted by atomic mass is 10.0. The van der Waals surface area contributed by atoms with E-state index in [1.54, 1.807) is 7.05 Å². The smallest absolute Gasteiger partial charge is 0.0985 e. The molecular formula is C15H21NS. The molecule has 0 amide bonds. The van der Waals surface area contributed by atoms with E-state index in [2.05, 4.69) is 31.5 Å². The Labute approximate surface area is 110 Å². The first kappa shape index (κ1) is 15.6. The third kappa shape index (κ3) is 6.69. The van der Waals surface area contributed by atoms with Crippen molar-refractivity contribution in [3.63, 3.8) is 0 Å². The monoisotopic (exact) mass is 247 g/mol. The van der Waals surface area contributed by atoms with Gasteiger partial charge in [0.05, 0.1) is 4.99 Å². The lowest BCUT2D eigenvalue weighted by molar-refractivity contribution is 1.20. The van der Waals surface area contributed by atoms with E-state index in [1.807, 2.05) is 31.2 Å². The van der Waals surface area contributed by atoms with E-state index in [9.17, 15) is 0 Å². The number of hydrogen-bond donors (Lipinski definition) is 1. The number of likely N-dealkylation sites (N-methyl/N-ethyl adjacent to an activating group) is 1. The molecule has 0 heterocycles. The highest BCUT2D eigenvalue weighted by Gasteiger charge is 1.96. The van der Waals surface area contributed by atoms with E-state index in [-0.39, 0.29) is 0 Å². The van der Waals surface area contributed by atoms with Crippen molar-refractivity contribution in [1.82, 2.24) is 5.32 Å². The Morgan fingerprint density at radius 3 is 2.47 bits per heavy atom. The Bertz CT molecular complexity index is 384. The molecule has 0 aliphatic heterocycles. The highest BCUT2D eigenvalue weighted by atomic mass is 32.1. The standard InChI is InChI=1S/C15H21NS/c1-6-8-12(3)11-14(7-2)13(4)9-10-15(17)16-5/h6-7,9-11H,1,4,8H2,2-3,5H3,(H,16,17)/b10-9-,12-11-,14-7+. The highest BCUT2D eigenvalue weighted by Crippen LogP contribution is 2.15. The molecule has 92 valence electrons. The van der Waals surface area contributed by atoms with Crippen molar-refractivity contribution in [2.75, 3.05) is 7.05 Å². The van der Waals surface area contributed by atoms with Gasteiger partial charge in [-0.2, -0.15) is 0 Å². The summed E-state index contributed by atoms with van der Waals surface area (Å²) in [6, 6.07) is 0. The summed E-state index contributed by atoms with van der Waals surface area (Å²) in [5, 5.41) is 2.89. The lowest BCUT2D eigenvalue weighted by Crippen LogP contribution is -2.11. The summed E-state index contributed by atoms with van der Waals surface area (Å²) < 4.78 is 0. The summed E-state index contributed by atoms with van der Waals surface area (Å²) in [7, 11) is 1.81. The maximum absolute atomic E-state index is 5.04. The van der Waals surface area contributed by atoms with Gasteiger partial charge in [-0.3, -0.25) is 0 Å². The van der Waals surface area contributed by atoms with Crippen molar-refractivity contribution in [3.8, 4) is 0 Å². The molecule has 0 aromatic rings. The van der Waals surface area contributed by atoms with Gasteiger partial charge in [0.2, 0.25) is 0 Å². The molecule has 0 aliphatic carbocycles. The fraction of sp³-hybridized carbons (Fsp3) is 0.267. The minimum Gasteiger partial charge on any atom is -0.379 e. The van der Waals surface area contributed by atoms with Gasteiger partial charge in [0, 0.05) is 7.05 Å². The minimum absolute atomic E-state index is 0.702. The number of rotatable bonds is 6. The van der Waals surface area contributed by atoms with Crippen molar-refractivity contribution >= 4 is 17.2 Å². The highest BCUT2D eigenvalue weighted by molar-refractivity contribution is 7.80. The topological polar surface area (TPSA) is 12.0 Å². The molecule has 17 heavy (non-hydrogen) atoms. The summed E-state index contributed by atoms with van der Waals surface area (Å²) in [5.41, 5.74) is 3.33. The summed E-state index contributed by atoms with van der Waals surface area (Å²) in [6.45, 7) is 11.8. The van der Waals surface area contributed by atoms with E-state index in [0.29, 0.717) is 4.99 Å². The van der Waals surface area contributed by atoms with Gasteiger partial charge in [0.25, 0.3) is 0 Å². The van der Waals surface area contributed by atoms with Crippen LogP contribution in [0.1, 0.15) is 20.3 Å². The number of hydrogen-bond acceptors (Lipinski definition) is 1. The SMILES string of the molecule is C=CC/C(C)=C\C(=C/C)C(=C)/C=C\C(=S)NC. The van der Waals surface area contributed by atoms with E-state index in [0.717, 1.165) is 17.6 Å². The van der Waals surface area contributed by atoms with E-state index in [4.69, 9.17) is 12.2 Å². The number of nitrogens with one attached hydrogen (secondary N) is 1. The van der Waals surface area contributed by atoms with E-state index in [1.165, 1.54) is 5.57 Å². The van der Waals surface area contributed by atoms with Crippen molar-refractivity contribution in [2.45, 2.75) is 20.3 Å². The third-order valence-corrected chi connectivity index (χ3v) is 2.57. The second-order valence-electron chi connectivity index (χ2n) is 3.70. The molecule has 0 saturated carbocycles. The zero-order chi connectivity index (χ0) is 13.3. The molecule has 0 aromatic carbocycles. The van der Waals surface area contributed by atoms with Crippen molar-refractivity contribution in [1.29, 1.82) is 0 Å². The van der Waals surface area contributed by atoms with Crippen molar-refractivity contribution < 1.29 is 0 Å². The first-order valence-corrected chi connectivity index (χ1v) is 5.99. The van der Waals surface area contributed by atoms with Crippen LogP contribution in [0.15, 0.2) is 60.3 Å². The lowest BCUT2D eigenvalue weighted by Gasteiger charge is -2.04. The molecule has 0 aromatic heterocycles. The summed E-state index contributed by atoms with van der Waals surface area (Å²) in [5.74, 6) is 0. The Balaban J connectivity index is 4.75. The van der Waals surface area contributed by atoms with Crippen LogP contribution in [0.3, 0.4) is 0 Å². The summed E-state index contributed by atoms with van der Waals surface area (Å²) in [4.78, 5) is 0.702. The molecule has 0 atom stereocenters. The van der Waals surface area contributed by atoms with Gasteiger partial charge >= 0.3 is 0 Å². The van der Waals surface area contributed by atoms with E-state index < -0.39 is 0 Å². The zero-order valence-electron chi connectivity index (χ0n) is 10.9. The van der Waals surface area contributed by atoms with Crippen LogP contribution < -0.4 is 5.32 Å². The first-order valence-electron chi connectivity index (χ1n) is 5.58. The van der Waals surface area contributed by atoms with Crippen LogP contribution >= 0.6 is 12.2 Å². The van der Waals surface area contributed by atoms with Crippen LogP contribution in [0.2, 0.25) is 0 Å². The largest absolute Gasteiger partial charge is 0.379 e. The molecule has 0 fully saturated rings. The van der Waals surface area contributed by atoms with E-state index >= 15 is 0 Å². The zero-order valence-corrected chi connectivity index (χ0v) is 11.7. The normalized spacial score (nSPS) is 12.6. The van der Waals surface area contributed by atoms with Gasteiger partial charge < -0.3 is 5.32 Å². The second kappa shape index (κ2) is 8.71. The van der Waals surface area contributed by atoms with Gasteiger partial charge in [0.15, 0.2) is 0 Å². The van der Waals surface area contributed by atoms with Crippen molar-refractivity contribution in [3.05, 3.63) is 60.3 Å². The van der Waals surface area contributed by atoms with Crippen LogP contribution in [-0.2, 0) is 0 Å². The predicted octanol–water partition coefficient (Wildman–Crippen LogP) is 4.11. The second-order valence-corrected chi connectivity index (χ2v) is 4.14. The molecule has 0 spiro atoms. The molecule has 0 rings (SSSR count). The van der Waals surface area contributed by atoms with Gasteiger partial charge in [0.1, 0.15) is 0 Å². The third-order valence-electron chi connectivity index (χ3n) is 2.23. The molecule has 1 N–H and O–H groups in total. The van der Waals surface area contributed by atoms with Crippen LogP contribution in [0.4, 0.5) is 0 Å². The maximum atomic E-state index is 5.04. The average molecular weight is 247 g/mol. The van der Waals surface area contributed by atoms with Crippen LogP contribution in [-0.4, -0.2) is 12.0 Å². The molecular weight excluding hydrogens is 226 g/mol. The average Bonchev–Trinajstić information content (AvgIpc) is 2.32. The van der Waals surface area contributed by atoms with Gasteiger partial charge in [-0.1, -0.05) is 48.7 Å². The fourth-order valence-electron chi connectivity index (χ4n) is 1.27. The Morgan fingerprint density at radius 2 is 2.00 bits per heavy atom. The molecule has 0 aliphatic rings. The quantitative estimate of drug-likeness (QED) is 0.328. The summed E-state index contributed by atoms with van der Waals surface area (Å²) >= 11 is 5.04. The van der Waals surface area contributed by atoms with Crippen LogP contribution in [0.5, 0.6) is 0 Å². The summed E-state index contributed by atoms with van der Waals surface area (Å²) in [6.07, 6.45) is 10.7. The van der Waals surface area contributed by atoms with Crippen molar-refractivity contribution in [2.24, 2.45) is 0 Å². The molecule has 0 bridgehead atoms. The Hall–Kier alpha value is -1.41. The van der Waals surface area contributed by atoms with Gasteiger partial charge in [-0.15, -0.1) is 6.58 Å².